The first-order valence-electron chi connectivity index (χ1n) is 5.71. The number of hydrogen-bond acceptors (Lipinski definition) is 2. The van der Waals surface area contributed by atoms with Gasteiger partial charge in [-0.05, 0) is 35.0 Å². The molecule has 0 bridgehead atoms. The van der Waals surface area contributed by atoms with Crippen LogP contribution in [0.5, 0.6) is 5.75 Å². The van der Waals surface area contributed by atoms with Crippen LogP contribution in [0.4, 0.5) is 0 Å². The van der Waals surface area contributed by atoms with Crippen molar-refractivity contribution in [2.75, 3.05) is 0 Å². The maximum absolute atomic E-state index is 10.7. The molecule has 0 atom stereocenters. The minimum atomic E-state index is -1.12. The number of fused-ring (bicyclic) bond motifs is 1. The number of carbonyl (C=O) groups is 1. The number of aromatic amines is 1. The third kappa shape index (κ3) is 3.13. The van der Waals surface area contributed by atoms with E-state index in [1.165, 1.54) is 12.1 Å². The maximum atomic E-state index is 10.7. The molecule has 0 amide bonds. The molecule has 3 rings (SSSR count). The first kappa shape index (κ1) is 12.7. The fraction of sp³-hybridized carbons (Fsp3) is 0. The number of carboxylic acid groups (broad SMARTS) is 1. The maximum Gasteiger partial charge on any atom is 0.339 e. The molecule has 0 aliphatic carbocycles. The number of nitrogens with one attached hydrogen (secondary N) is 1. The standard InChI is InChI=1S/C11H8O3.C4H5N/c12-10-6-8-4-2-1-3-7(8)5-9(10)11(13)14;1-2-4-5-3-1/h1-6,12H,(H,13,14);1-5H. The van der Waals surface area contributed by atoms with Gasteiger partial charge >= 0.3 is 5.97 Å². The normalized spacial score (nSPS) is 9.68. The zero-order valence-corrected chi connectivity index (χ0v) is 10.1. The quantitative estimate of drug-likeness (QED) is 0.625. The highest BCUT2D eigenvalue weighted by molar-refractivity contribution is 5.97. The first-order valence-corrected chi connectivity index (χ1v) is 5.71. The smallest absolute Gasteiger partial charge is 0.339 e. The van der Waals surface area contributed by atoms with Gasteiger partial charge in [-0.2, -0.15) is 0 Å². The van der Waals surface area contributed by atoms with Crippen LogP contribution in [0.25, 0.3) is 10.8 Å². The zero-order chi connectivity index (χ0) is 13.7. The number of benzene rings is 2. The summed E-state index contributed by atoms with van der Waals surface area (Å²) in [6.07, 6.45) is 3.75. The van der Waals surface area contributed by atoms with Gasteiger partial charge in [0.25, 0.3) is 0 Å². The van der Waals surface area contributed by atoms with E-state index in [0.717, 1.165) is 10.8 Å². The highest BCUT2D eigenvalue weighted by Gasteiger charge is 2.09. The van der Waals surface area contributed by atoms with Crippen LogP contribution in [0.3, 0.4) is 0 Å². The second kappa shape index (κ2) is 5.73. The molecule has 0 radical (unpaired) electrons. The van der Waals surface area contributed by atoms with Crippen LogP contribution in [0.2, 0.25) is 0 Å². The molecule has 96 valence electrons. The molecule has 1 aromatic heterocycles. The summed E-state index contributed by atoms with van der Waals surface area (Å²) in [5, 5.41) is 19.8. The third-order valence-corrected chi connectivity index (χ3v) is 2.59. The molecule has 0 unspecified atom stereocenters. The van der Waals surface area contributed by atoms with Crippen molar-refractivity contribution < 1.29 is 15.0 Å². The summed E-state index contributed by atoms with van der Waals surface area (Å²) in [7, 11) is 0. The number of aromatic hydroxyl groups is 1. The highest BCUT2D eigenvalue weighted by atomic mass is 16.4. The molecular weight excluding hydrogens is 242 g/mol. The predicted molar refractivity (Wildman–Crippen MR) is 73.4 cm³/mol. The summed E-state index contributed by atoms with van der Waals surface area (Å²) in [6.45, 7) is 0. The van der Waals surface area contributed by atoms with Crippen LogP contribution < -0.4 is 0 Å². The number of hydrogen-bond donors (Lipinski definition) is 3. The second-order valence-corrected chi connectivity index (χ2v) is 3.91. The first-order chi connectivity index (χ1) is 9.18. The number of H-pyrrole nitrogens is 1. The van der Waals surface area contributed by atoms with Crippen LogP contribution in [0, 0.1) is 0 Å². The van der Waals surface area contributed by atoms with Crippen molar-refractivity contribution in [2.24, 2.45) is 0 Å². The van der Waals surface area contributed by atoms with E-state index in [4.69, 9.17) is 5.11 Å². The lowest BCUT2D eigenvalue weighted by Crippen LogP contribution is -1.96. The fourth-order valence-electron chi connectivity index (χ4n) is 1.68. The van der Waals surface area contributed by atoms with Crippen LogP contribution in [0.15, 0.2) is 60.9 Å². The van der Waals surface area contributed by atoms with Gasteiger partial charge in [0.05, 0.1) is 0 Å². The Morgan fingerprint density at radius 1 is 0.947 bits per heavy atom. The highest BCUT2D eigenvalue weighted by Crippen LogP contribution is 2.24. The van der Waals surface area contributed by atoms with E-state index in [2.05, 4.69) is 4.98 Å². The third-order valence-electron chi connectivity index (χ3n) is 2.59. The van der Waals surface area contributed by atoms with E-state index in [9.17, 15) is 9.90 Å². The Kier molecular flexibility index (Phi) is 3.83. The lowest BCUT2D eigenvalue weighted by Gasteiger charge is -2.02. The van der Waals surface area contributed by atoms with Gasteiger partial charge in [-0.1, -0.05) is 24.3 Å². The molecule has 4 nitrogen and oxygen atoms in total. The van der Waals surface area contributed by atoms with Gasteiger partial charge in [0.1, 0.15) is 11.3 Å². The minimum Gasteiger partial charge on any atom is -0.507 e. The number of aromatic nitrogens is 1. The molecule has 4 heteroatoms. The number of carboxylic acids is 1. The van der Waals surface area contributed by atoms with Crippen LogP contribution in [0.1, 0.15) is 10.4 Å². The van der Waals surface area contributed by atoms with Crippen molar-refractivity contribution in [2.45, 2.75) is 0 Å². The van der Waals surface area contributed by atoms with Crippen molar-refractivity contribution >= 4 is 16.7 Å². The van der Waals surface area contributed by atoms with E-state index >= 15 is 0 Å². The Hall–Kier alpha value is -2.75. The topological polar surface area (TPSA) is 73.3 Å². The number of aromatic carboxylic acids is 1. The number of rotatable bonds is 1. The van der Waals surface area contributed by atoms with Crippen LogP contribution in [-0.4, -0.2) is 21.2 Å². The molecule has 0 spiro atoms. The summed E-state index contributed by atoms with van der Waals surface area (Å²) in [4.78, 5) is 13.6. The van der Waals surface area contributed by atoms with Crippen molar-refractivity contribution in [3.63, 3.8) is 0 Å². The lowest BCUT2D eigenvalue weighted by atomic mass is 10.1. The van der Waals surface area contributed by atoms with Crippen molar-refractivity contribution in [1.29, 1.82) is 0 Å². The molecule has 0 saturated carbocycles. The lowest BCUT2D eigenvalue weighted by molar-refractivity contribution is 0.0694. The fourth-order valence-corrected chi connectivity index (χ4v) is 1.68. The molecule has 3 N–H and O–H groups in total. The molecule has 3 aromatic rings. The minimum absolute atomic E-state index is 0.0660. The van der Waals surface area contributed by atoms with Gasteiger partial charge in [0.15, 0.2) is 0 Å². The Morgan fingerprint density at radius 2 is 1.53 bits per heavy atom. The summed E-state index contributed by atoms with van der Waals surface area (Å²) in [5.74, 6) is -1.32. The van der Waals surface area contributed by atoms with Gasteiger partial charge in [0, 0.05) is 12.4 Å². The molecule has 0 fully saturated rings. The van der Waals surface area contributed by atoms with E-state index < -0.39 is 5.97 Å². The molecule has 2 aromatic carbocycles. The monoisotopic (exact) mass is 255 g/mol. The van der Waals surface area contributed by atoms with Crippen molar-refractivity contribution in [3.8, 4) is 5.75 Å². The van der Waals surface area contributed by atoms with E-state index in [1.54, 1.807) is 6.07 Å². The molecule has 0 aliphatic rings. The average Bonchev–Trinajstić information content (AvgIpc) is 2.96. The molecule has 1 heterocycles. The van der Waals surface area contributed by atoms with E-state index in [0.29, 0.717) is 0 Å². The van der Waals surface area contributed by atoms with Crippen LogP contribution >= 0.6 is 0 Å². The Bertz CT molecular complexity index is 658. The van der Waals surface area contributed by atoms with E-state index in [1.807, 2.05) is 42.7 Å². The van der Waals surface area contributed by atoms with Crippen molar-refractivity contribution in [3.05, 3.63) is 66.5 Å². The zero-order valence-electron chi connectivity index (χ0n) is 10.1. The Labute approximate surface area is 110 Å². The van der Waals surface area contributed by atoms with E-state index in [-0.39, 0.29) is 11.3 Å². The summed E-state index contributed by atoms with van der Waals surface area (Å²) in [6, 6.07) is 14.1. The van der Waals surface area contributed by atoms with Crippen molar-refractivity contribution in [1.82, 2.24) is 4.98 Å². The molecular formula is C15H13NO3. The van der Waals surface area contributed by atoms with Gasteiger partial charge < -0.3 is 15.2 Å². The molecule has 0 aliphatic heterocycles. The Balaban J connectivity index is 0.000000224. The SMILES string of the molecule is O=C(O)c1cc2ccccc2cc1O.c1cc[nH]c1. The molecule has 0 saturated heterocycles. The predicted octanol–water partition coefficient (Wildman–Crippen LogP) is 3.26. The summed E-state index contributed by atoms with van der Waals surface area (Å²) in [5.41, 5.74) is -0.0660. The Morgan fingerprint density at radius 3 is 2.00 bits per heavy atom. The number of phenols is 1. The van der Waals surface area contributed by atoms with Gasteiger partial charge in [-0.15, -0.1) is 0 Å². The average molecular weight is 255 g/mol. The van der Waals surface area contributed by atoms with Gasteiger partial charge in [-0.25, -0.2) is 4.79 Å². The molecule has 19 heavy (non-hydrogen) atoms. The summed E-state index contributed by atoms with van der Waals surface area (Å²) >= 11 is 0. The van der Waals surface area contributed by atoms with Gasteiger partial charge in [0.2, 0.25) is 0 Å². The van der Waals surface area contributed by atoms with Gasteiger partial charge in [-0.3, -0.25) is 0 Å². The largest absolute Gasteiger partial charge is 0.507 e. The summed E-state index contributed by atoms with van der Waals surface area (Å²) < 4.78 is 0. The van der Waals surface area contributed by atoms with Crippen LogP contribution in [-0.2, 0) is 0 Å². The second-order valence-electron chi connectivity index (χ2n) is 3.91.